The number of nitrogens with zero attached hydrogens (tertiary/aromatic N) is 1. The summed E-state index contributed by atoms with van der Waals surface area (Å²) in [6.45, 7) is 0. The molecule has 3 aromatic carbocycles. The van der Waals surface area contributed by atoms with Crippen molar-refractivity contribution in [3.8, 4) is 11.1 Å². The predicted octanol–water partition coefficient (Wildman–Crippen LogP) is 5.54. The highest BCUT2D eigenvalue weighted by atomic mass is 79.9. The Morgan fingerprint density at radius 1 is 0.967 bits per heavy atom. The quantitative estimate of drug-likeness (QED) is 0.421. The van der Waals surface area contributed by atoms with Gasteiger partial charge in [0.25, 0.3) is 5.56 Å². The molecule has 1 aliphatic heterocycles. The fraction of sp³-hybridized carbons (Fsp3) is 0.0833. The Labute approximate surface area is 180 Å². The lowest BCUT2D eigenvalue weighted by molar-refractivity contribution is 0.607. The number of hydrogen-bond acceptors (Lipinski definition) is 3. The number of rotatable bonds is 3. The maximum atomic E-state index is 13.3. The number of aromatic nitrogens is 1. The van der Waals surface area contributed by atoms with Crippen LogP contribution in [0.4, 0.5) is 4.39 Å². The standard InChI is InChI=1S/C24H17BrFN3O/c25-16-8-11-19-18(12-16)22(15-4-2-1-3-5-15)23(24(30)27-19)21-13-20(28-29-21)14-6-9-17(26)10-7-14/h1-12,20,28H,13H2,(H,27,30). The van der Waals surface area contributed by atoms with Crippen LogP contribution in [-0.4, -0.2) is 10.7 Å². The first kappa shape index (κ1) is 18.8. The molecule has 1 aromatic heterocycles. The van der Waals surface area contributed by atoms with E-state index in [-0.39, 0.29) is 17.4 Å². The van der Waals surface area contributed by atoms with Crippen LogP contribution in [0.2, 0.25) is 0 Å². The zero-order valence-corrected chi connectivity index (χ0v) is 17.4. The second kappa shape index (κ2) is 7.54. The Bertz CT molecular complexity index is 1330. The van der Waals surface area contributed by atoms with Crippen LogP contribution in [0.5, 0.6) is 0 Å². The summed E-state index contributed by atoms with van der Waals surface area (Å²) in [5.41, 5.74) is 7.69. The first-order chi connectivity index (χ1) is 14.6. The fourth-order valence-corrected chi connectivity index (χ4v) is 4.29. The van der Waals surface area contributed by atoms with Gasteiger partial charge in [-0.2, -0.15) is 5.10 Å². The Balaban J connectivity index is 1.67. The lowest BCUT2D eigenvalue weighted by atomic mass is 9.91. The molecule has 0 saturated heterocycles. The van der Waals surface area contributed by atoms with Gasteiger partial charge in [0.2, 0.25) is 0 Å². The molecule has 1 aliphatic rings. The van der Waals surface area contributed by atoms with Gasteiger partial charge in [-0.3, -0.25) is 4.79 Å². The number of hydrogen-bond donors (Lipinski definition) is 2. The molecule has 5 rings (SSSR count). The topological polar surface area (TPSA) is 57.2 Å². The first-order valence-electron chi connectivity index (χ1n) is 9.59. The van der Waals surface area contributed by atoms with Gasteiger partial charge in [-0.05, 0) is 41.5 Å². The van der Waals surface area contributed by atoms with Gasteiger partial charge in [0.1, 0.15) is 5.82 Å². The number of pyridine rings is 1. The molecule has 0 bridgehead atoms. The minimum Gasteiger partial charge on any atom is -0.321 e. The van der Waals surface area contributed by atoms with E-state index in [1.807, 2.05) is 48.5 Å². The third-order valence-corrected chi connectivity index (χ3v) is 5.85. The van der Waals surface area contributed by atoms with Crippen molar-refractivity contribution in [3.05, 3.63) is 105 Å². The van der Waals surface area contributed by atoms with Crippen molar-refractivity contribution in [1.29, 1.82) is 0 Å². The van der Waals surface area contributed by atoms with Crippen molar-refractivity contribution in [1.82, 2.24) is 10.4 Å². The fourth-order valence-electron chi connectivity index (χ4n) is 3.93. The smallest absolute Gasteiger partial charge is 0.258 e. The van der Waals surface area contributed by atoms with E-state index in [0.29, 0.717) is 17.7 Å². The van der Waals surface area contributed by atoms with E-state index in [9.17, 15) is 9.18 Å². The van der Waals surface area contributed by atoms with Crippen LogP contribution < -0.4 is 11.0 Å². The van der Waals surface area contributed by atoms with Crippen molar-refractivity contribution in [2.24, 2.45) is 5.10 Å². The van der Waals surface area contributed by atoms with Crippen molar-refractivity contribution in [3.63, 3.8) is 0 Å². The summed E-state index contributed by atoms with van der Waals surface area (Å²) in [7, 11) is 0. The second-order valence-electron chi connectivity index (χ2n) is 7.26. The van der Waals surface area contributed by atoms with E-state index in [1.165, 1.54) is 12.1 Å². The maximum absolute atomic E-state index is 13.3. The third-order valence-electron chi connectivity index (χ3n) is 5.35. The van der Waals surface area contributed by atoms with Gasteiger partial charge < -0.3 is 10.4 Å². The molecule has 0 amide bonds. The molecule has 0 aliphatic carbocycles. The van der Waals surface area contributed by atoms with E-state index in [4.69, 9.17) is 0 Å². The summed E-state index contributed by atoms with van der Waals surface area (Å²) in [6.07, 6.45) is 0.536. The summed E-state index contributed by atoms with van der Waals surface area (Å²) in [4.78, 5) is 16.2. The minimum absolute atomic E-state index is 0.109. The molecule has 4 nitrogen and oxygen atoms in total. The Hall–Kier alpha value is -3.25. The van der Waals surface area contributed by atoms with Gasteiger partial charge in [0, 0.05) is 27.4 Å². The predicted molar refractivity (Wildman–Crippen MR) is 121 cm³/mol. The number of fused-ring (bicyclic) bond motifs is 1. The normalized spacial score (nSPS) is 15.8. The van der Waals surface area contributed by atoms with Crippen LogP contribution in [0.25, 0.3) is 22.0 Å². The van der Waals surface area contributed by atoms with Crippen LogP contribution in [0.15, 0.2) is 87.2 Å². The molecular formula is C24H17BrFN3O. The van der Waals surface area contributed by atoms with E-state index in [0.717, 1.165) is 32.1 Å². The highest BCUT2D eigenvalue weighted by molar-refractivity contribution is 9.10. The molecule has 6 heteroatoms. The number of halogens is 2. The molecule has 0 saturated carbocycles. The molecule has 0 spiro atoms. The van der Waals surface area contributed by atoms with E-state index in [1.54, 1.807) is 12.1 Å². The second-order valence-corrected chi connectivity index (χ2v) is 8.17. The van der Waals surface area contributed by atoms with Crippen molar-refractivity contribution in [2.45, 2.75) is 12.5 Å². The van der Waals surface area contributed by atoms with Crippen LogP contribution in [-0.2, 0) is 0 Å². The highest BCUT2D eigenvalue weighted by Gasteiger charge is 2.26. The molecule has 0 radical (unpaired) electrons. The van der Waals surface area contributed by atoms with Crippen molar-refractivity contribution < 1.29 is 4.39 Å². The van der Waals surface area contributed by atoms with E-state index < -0.39 is 0 Å². The summed E-state index contributed by atoms with van der Waals surface area (Å²) in [6, 6.07) is 21.9. The molecule has 1 atom stereocenters. The average Bonchev–Trinajstić information content (AvgIpc) is 3.24. The SMILES string of the molecule is O=c1[nH]c2ccc(Br)cc2c(-c2ccccc2)c1C1=NNC(c2ccc(F)cc2)C1. The van der Waals surface area contributed by atoms with Crippen LogP contribution in [0.1, 0.15) is 23.6 Å². The highest BCUT2D eigenvalue weighted by Crippen LogP contribution is 2.34. The van der Waals surface area contributed by atoms with E-state index >= 15 is 0 Å². The van der Waals surface area contributed by atoms with Gasteiger partial charge in [-0.15, -0.1) is 0 Å². The molecular weight excluding hydrogens is 445 g/mol. The number of aromatic amines is 1. The third kappa shape index (κ3) is 3.33. The Morgan fingerprint density at radius 2 is 1.73 bits per heavy atom. The number of hydrazone groups is 1. The Kier molecular flexibility index (Phi) is 4.71. The van der Waals surface area contributed by atoms with Crippen molar-refractivity contribution >= 4 is 32.5 Å². The number of benzene rings is 3. The monoisotopic (exact) mass is 461 g/mol. The maximum Gasteiger partial charge on any atom is 0.258 e. The summed E-state index contributed by atoms with van der Waals surface area (Å²) in [5, 5.41) is 5.45. The lowest BCUT2D eigenvalue weighted by Crippen LogP contribution is -2.20. The van der Waals surface area contributed by atoms with Gasteiger partial charge in [-0.1, -0.05) is 58.4 Å². The van der Waals surface area contributed by atoms with Crippen molar-refractivity contribution in [2.75, 3.05) is 0 Å². The molecule has 4 aromatic rings. The molecule has 30 heavy (non-hydrogen) atoms. The van der Waals surface area contributed by atoms with Gasteiger partial charge in [0.05, 0.1) is 17.3 Å². The van der Waals surface area contributed by atoms with Crippen LogP contribution >= 0.6 is 15.9 Å². The summed E-state index contributed by atoms with van der Waals surface area (Å²) in [5.74, 6) is -0.277. The molecule has 2 N–H and O–H groups in total. The number of nitrogens with one attached hydrogen (secondary N) is 2. The van der Waals surface area contributed by atoms with Gasteiger partial charge >= 0.3 is 0 Å². The van der Waals surface area contributed by atoms with Crippen LogP contribution in [0, 0.1) is 5.82 Å². The number of H-pyrrole nitrogens is 1. The molecule has 2 heterocycles. The minimum atomic E-state index is -0.277. The van der Waals surface area contributed by atoms with Gasteiger partial charge in [0.15, 0.2) is 0 Å². The first-order valence-corrected chi connectivity index (χ1v) is 10.4. The molecule has 1 unspecified atom stereocenters. The molecule has 0 fully saturated rings. The zero-order valence-electron chi connectivity index (χ0n) is 15.8. The largest absolute Gasteiger partial charge is 0.321 e. The zero-order chi connectivity index (χ0) is 20.7. The molecule has 148 valence electrons. The van der Waals surface area contributed by atoms with Crippen LogP contribution in [0.3, 0.4) is 0 Å². The van der Waals surface area contributed by atoms with E-state index in [2.05, 4.69) is 31.4 Å². The average molecular weight is 462 g/mol. The van der Waals surface area contributed by atoms with Gasteiger partial charge in [-0.25, -0.2) is 4.39 Å². The summed E-state index contributed by atoms with van der Waals surface area (Å²) < 4.78 is 14.2. The lowest BCUT2D eigenvalue weighted by Gasteiger charge is -2.14. The summed E-state index contributed by atoms with van der Waals surface area (Å²) >= 11 is 3.55. The Morgan fingerprint density at radius 3 is 2.50 bits per heavy atom.